The number of hydrogen-bond acceptors (Lipinski definition) is 12. The zero-order valence-electron chi connectivity index (χ0n) is 43.8. The molecule has 2 N–H and O–H groups in total. The van der Waals surface area contributed by atoms with Gasteiger partial charge in [0.05, 0.1) is 49.0 Å². The number of aryl methyl sites for hydroxylation is 1. The van der Waals surface area contributed by atoms with E-state index < -0.39 is 83.1 Å². The van der Waals surface area contributed by atoms with Gasteiger partial charge in [0.2, 0.25) is 5.91 Å². The van der Waals surface area contributed by atoms with Crippen LogP contribution in [0.4, 0.5) is 23.7 Å². The zero-order valence-corrected chi connectivity index (χ0v) is 43.8. The molecule has 0 unspecified atom stereocenters. The van der Waals surface area contributed by atoms with Crippen molar-refractivity contribution in [2.45, 2.75) is 129 Å². The van der Waals surface area contributed by atoms with Gasteiger partial charge in [0.25, 0.3) is 18.2 Å². The van der Waals surface area contributed by atoms with E-state index in [4.69, 9.17) is 23.9 Å². The maximum absolute atomic E-state index is 14.8. The number of piperidine rings is 1. The number of esters is 1. The molecule has 3 aromatic rings. The molecule has 18 nitrogen and oxygen atoms in total. The quantitative estimate of drug-likeness (QED) is 0.180. The Labute approximate surface area is 430 Å². The lowest BCUT2D eigenvalue weighted by Crippen LogP contribution is -2.63. The van der Waals surface area contributed by atoms with Crippen LogP contribution >= 0.6 is 0 Å². The number of anilines is 1. The number of carbonyl (C=O) groups is 5. The number of hydrogen-bond donors (Lipinski definition) is 2. The van der Waals surface area contributed by atoms with Gasteiger partial charge < -0.3 is 48.4 Å². The van der Waals surface area contributed by atoms with Crippen LogP contribution in [0.15, 0.2) is 48.4 Å². The Morgan fingerprint density at radius 2 is 1.82 bits per heavy atom. The predicted molar refractivity (Wildman–Crippen MR) is 269 cm³/mol. The fraction of sp³-hybridized carbons (Fsp3) is 0.623. The summed E-state index contributed by atoms with van der Waals surface area (Å²) >= 11 is 0. The lowest BCUT2D eigenvalue weighted by molar-refractivity contribution is -0.156. The van der Waals surface area contributed by atoms with Gasteiger partial charge >= 0.3 is 12.0 Å². The van der Waals surface area contributed by atoms with E-state index in [-0.39, 0.29) is 71.0 Å². The summed E-state index contributed by atoms with van der Waals surface area (Å²) in [4.78, 5) is 81.2. The lowest BCUT2D eigenvalue weighted by Gasteiger charge is -2.41. The number of cyclic esters (lactones) is 1. The SMILES string of the molecule is CCn1c(-c2cccnc2[C@H](C)OC)c2c3cc(ccc31)N1CCO[C@@H](C[C@H](NC(=O)[C@H](C(C)C)N(C)C(=O)N3CCC4(CC3)CN(C(=O)/C(F)=C/C(F)F)CO4)C(=O)N3CCC[C@H](N3)C(=O)OCC(C)(C)C2)C1. The number of fused-ring (bicyclic) bond motifs is 6. The zero-order chi connectivity index (χ0) is 53.2. The first-order valence-electron chi connectivity index (χ1n) is 25.9. The number of urea groups is 1. The highest BCUT2D eigenvalue weighted by atomic mass is 19.3. The topological polar surface area (TPSA) is 180 Å². The van der Waals surface area contributed by atoms with E-state index in [2.05, 4.69) is 65.2 Å². The minimum Gasteiger partial charge on any atom is -0.464 e. The van der Waals surface area contributed by atoms with Crippen LogP contribution in [0, 0.1) is 11.3 Å². The maximum atomic E-state index is 14.8. The highest BCUT2D eigenvalue weighted by Crippen LogP contribution is 2.42. The molecule has 0 saturated carbocycles. The Morgan fingerprint density at radius 3 is 2.53 bits per heavy atom. The number of nitrogens with one attached hydrogen (secondary N) is 2. The van der Waals surface area contributed by atoms with E-state index in [9.17, 15) is 37.1 Å². The van der Waals surface area contributed by atoms with E-state index in [1.54, 1.807) is 18.2 Å². The normalized spacial score (nSPS) is 23.5. The molecule has 6 bridgehead atoms. The van der Waals surface area contributed by atoms with E-state index >= 15 is 0 Å². The summed E-state index contributed by atoms with van der Waals surface area (Å²) < 4.78 is 66.2. The van der Waals surface area contributed by atoms with Crippen LogP contribution in [0.3, 0.4) is 0 Å². The third-order valence-corrected chi connectivity index (χ3v) is 15.2. The lowest BCUT2D eigenvalue weighted by atomic mass is 9.84. The monoisotopic (exact) mass is 1040 g/mol. The number of alkyl halides is 2. The molecule has 0 radical (unpaired) electrons. The Bertz CT molecular complexity index is 2600. The van der Waals surface area contributed by atoms with E-state index in [1.807, 2.05) is 26.8 Å². The summed E-state index contributed by atoms with van der Waals surface area (Å²) in [5, 5.41) is 5.48. The van der Waals surface area contributed by atoms with Gasteiger partial charge in [0.1, 0.15) is 24.9 Å². The number of amides is 5. The first-order chi connectivity index (χ1) is 35.2. The summed E-state index contributed by atoms with van der Waals surface area (Å²) in [5.74, 6) is -4.64. The molecule has 8 rings (SSSR count). The molecular weight excluding hydrogens is 964 g/mol. The maximum Gasteiger partial charge on any atom is 0.324 e. The molecule has 0 aliphatic carbocycles. The fourth-order valence-corrected chi connectivity index (χ4v) is 11.3. The second-order valence-corrected chi connectivity index (χ2v) is 21.5. The number of pyridine rings is 1. The Balaban J connectivity index is 1.06. The number of halogens is 3. The fourth-order valence-electron chi connectivity index (χ4n) is 11.3. The summed E-state index contributed by atoms with van der Waals surface area (Å²) in [6.07, 6.45) is -0.0327. The average Bonchev–Trinajstić information content (AvgIpc) is 3.93. The van der Waals surface area contributed by atoms with Crippen molar-refractivity contribution >= 4 is 46.3 Å². The second-order valence-electron chi connectivity index (χ2n) is 21.5. The number of likely N-dealkylation sites (N-methyl/N-ethyl adjacent to an activating group) is 1. The highest BCUT2D eigenvalue weighted by molar-refractivity contribution is 5.95. The molecule has 1 spiro atoms. The summed E-state index contributed by atoms with van der Waals surface area (Å²) in [6, 6.07) is 7.07. The smallest absolute Gasteiger partial charge is 0.324 e. The largest absolute Gasteiger partial charge is 0.464 e. The van der Waals surface area contributed by atoms with E-state index in [0.717, 1.165) is 44.0 Å². The first-order valence-corrected chi connectivity index (χ1v) is 25.9. The first kappa shape index (κ1) is 54.5. The van der Waals surface area contributed by atoms with Crippen molar-refractivity contribution in [3.63, 3.8) is 0 Å². The molecule has 7 heterocycles. The van der Waals surface area contributed by atoms with Crippen molar-refractivity contribution < 1.29 is 56.1 Å². The number of morpholine rings is 1. The van der Waals surface area contributed by atoms with E-state index in [0.29, 0.717) is 45.5 Å². The Kier molecular flexibility index (Phi) is 16.6. The van der Waals surface area contributed by atoms with Crippen molar-refractivity contribution in [1.29, 1.82) is 0 Å². The number of rotatable bonds is 10. The van der Waals surface area contributed by atoms with Crippen LogP contribution in [0.25, 0.3) is 22.2 Å². The third kappa shape index (κ3) is 11.5. The van der Waals surface area contributed by atoms with Crippen LogP contribution in [-0.2, 0) is 51.1 Å². The third-order valence-electron chi connectivity index (χ3n) is 15.2. The summed E-state index contributed by atoms with van der Waals surface area (Å²) in [5.41, 5.74) is 7.62. The molecular formula is C53H72F3N9O9. The number of methoxy groups -OCH3 is 1. The number of allylic oxidation sites excluding steroid dienone is 1. The van der Waals surface area contributed by atoms with Crippen molar-refractivity contribution in [3.05, 3.63) is 59.7 Å². The van der Waals surface area contributed by atoms with Gasteiger partial charge in [-0.3, -0.25) is 29.2 Å². The summed E-state index contributed by atoms with van der Waals surface area (Å²) in [6.45, 7) is 14.4. The van der Waals surface area contributed by atoms with Crippen molar-refractivity contribution in [2.75, 3.05) is 78.3 Å². The molecule has 5 aliphatic heterocycles. The van der Waals surface area contributed by atoms with Crippen LogP contribution < -0.4 is 15.6 Å². The van der Waals surface area contributed by atoms with Crippen LogP contribution in [0.5, 0.6) is 0 Å². The standard InChI is InChI=1S/C53H72F3N9O9/c1-9-64-42-15-14-34-24-37(42)38(46(64)36-12-10-18-57-44(36)33(4)71-8)27-52(5,6)30-73-50(69)40-13-11-19-65(59-40)49(68)41(25-35-28-62(34)22-23-72-35)58-47(66)45(32(2)3)60(7)51(70)61-20-16-53(17-21-61)29-63(31-74-53)48(67)39(54)26-43(55)56/h10,12,14-15,18,24,26,32-33,35,40-41,43,45,59H,9,11,13,16-17,19-23,25,27-31H2,1-8H3,(H,58,66)/b39-26-/t33-,35-,40-,41-,45-/m0/s1. The molecule has 5 atom stereocenters. The molecule has 4 saturated heterocycles. The predicted octanol–water partition coefficient (Wildman–Crippen LogP) is 5.98. The van der Waals surface area contributed by atoms with Gasteiger partial charge in [-0.15, -0.1) is 0 Å². The molecule has 5 amide bonds. The van der Waals surface area contributed by atoms with Crippen LogP contribution in [-0.4, -0.2) is 169 Å². The van der Waals surface area contributed by atoms with Gasteiger partial charge in [0, 0.05) is 99.7 Å². The highest BCUT2D eigenvalue weighted by Gasteiger charge is 2.46. The molecule has 404 valence electrons. The number of carbonyl (C=O) groups excluding carboxylic acids is 5. The molecule has 1 aromatic carbocycles. The second kappa shape index (κ2) is 22.6. The number of ether oxygens (including phenoxy) is 4. The molecule has 5 aliphatic rings. The van der Waals surface area contributed by atoms with Crippen molar-refractivity contribution in [1.82, 2.24) is 40.0 Å². The van der Waals surface area contributed by atoms with Gasteiger partial charge in [0.15, 0.2) is 5.83 Å². The van der Waals surface area contributed by atoms with Crippen molar-refractivity contribution in [3.8, 4) is 11.3 Å². The van der Waals surface area contributed by atoms with E-state index in [1.165, 1.54) is 17.0 Å². The molecule has 4 fully saturated rings. The van der Waals surface area contributed by atoms with Crippen molar-refractivity contribution in [2.24, 2.45) is 11.3 Å². The average molecular weight is 1040 g/mol. The Hall–Kier alpha value is -5.77. The van der Waals surface area contributed by atoms with Gasteiger partial charge in [-0.25, -0.2) is 23.4 Å². The molecule has 21 heteroatoms. The van der Waals surface area contributed by atoms with Crippen LogP contribution in [0.1, 0.15) is 91.0 Å². The van der Waals surface area contributed by atoms with Gasteiger partial charge in [-0.05, 0) is 87.8 Å². The summed E-state index contributed by atoms with van der Waals surface area (Å²) in [7, 11) is 3.21. The van der Waals surface area contributed by atoms with Gasteiger partial charge in [-0.1, -0.05) is 27.7 Å². The van der Waals surface area contributed by atoms with Gasteiger partial charge in [-0.2, -0.15) is 0 Å². The number of aromatic nitrogens is 2. The minimum atomic E-state index is -3.12. The minimum absolute atomic E-state index is 0.0259. The Morgan fingerprint density at radius 1 is 1.07 bits per heavy atom. The van der Waals surface area contributed by atoms with Crippen LogP contribution in [0.2, 0.25) is 0 Å². The number of nitrogens with zero attached hydrogens (tertiary/aromatic N) is 7. The number of benzene rings is 1. The number of likely N-dealkylation sites (tertiary alicyclic amines) is 1. The molecule has 2 aromatic heterocycles. The molecule has 74 heavy (non-hydrogen) atoms. The number of hydrazine groups is 1.